The van der Waals surface area contributed by atoms with Gasteiger partial charge in [-0.15, -0.1) is 0 Å². The highest BCUT2D eigenvalue weighted by atomic mass is 32.2. The number of aryl methyl sites for hydroxylation is 1. The molecule has 2 unspecified atom stereocenters. The quantitative estimate of drug-likeness (QED) is 0.774. The Labute approximate surface area is 167 Å². The van der Waals surface area contributed by atoms with Gasteiger partial charge in [0.1, 0.15) is 0 Å². The first-order chi connectivity index (χ1) is 13.5. The molecule has 3 fully saturated rings. The number of sulfonamides is 1. The Balaban J connectivity index is 1.62. The lowest BCUT2D eigenvalue weighted by atomic mass is 9.78. The highest BCUT2D eigenvalue weighted by Gasteiger charge is 2.36. The summed E-state index contributed by atoms with van der Waals surface area (Å²) in [5.74, 6) is 0.587. The minimum atomic E-state index is -3.62. The Morgan fingerprint density at radius 2 is 1.75 bits per heavy atom. The minimum absolute atomic E-state index is 0.0185. The molecular formula is C21H30N2O4S. The molecule has 2 saturated heterocycles. The third-order valence-corrected chi connectivity index (χ3v) is 8.57. The molecule has 6 nitrogen and oxygen atoms in total. The fourth-order valence-corrected chi connectivity index (χ4v) is 6.64. The standard InChI is InChI=1S/C21H30N2O4S/c1-16-8-9-18(15-20(16)28(25,26)22-11-13-27-14-12-22)21(24)23-10-4-6-17-5-2-3-7-19(17)23/h8-9,15,17,19H,2-7,10-14H2,1H3. The second-order valence-corrected chi connectivity index (χ2v) is 10.2. The zero-order chi connectivity index (χ0) is 19.7. The molecule has 0 radical (unpaired) electrons. The molecule has 0 bridgehead atoms. The van der Waals surface area contributed by atoms with Gasteiger partial charge in [-0.1, -0.05) is 18.9 Å². The molecule has 1 aromatic carbocycles. The van der Waals surface area contributed by atoms with Crippen molar-refractivity contribution in [2.45, 2.75) is 56.4 Å². The lowest BCUT2D eigenvalue weighted by Gasteiger charge is -2.44. The number of carbonyl (C=O) groups excluding carboxylic acids is 1. The minimum Gasteiger partial charge on any atom is -0.379 e. The van der Waals surface area contributed by atoms with Crippen LogP contribution in [-0.4, -0.2) is 62.4 Å². The van der Waals surface area contributed by atoms with Gasteiger partial charge in [-0.25, -0.2) is 8.42 Å². The van der Waals surface area contributed by atoms with Gasteiger partial charge in [0.15, 0.2) is 0 Å². The summed E-state index contributed by atoms with van der Waals surface area (Å²) in [4.78, 5) is 15.6. The molecule has 1 amide bonds. The number of rotatable bonds is 3. The molecule has 0 aromatic heterocycles. The number of morpholine rings is 1. The molecular weight excluding hydrogens is 376 g/mol. The first-order valence-corrected chi connectivity index (χ1v) is 11.9. The van der Waals surface area contributed by atoms with Crippen molar-refractivity contribution < 1.29 is 17.9 Å². The zero-order valence-electron chi connectivity index (χ0n) is 16.6. The van der Waals surface area contributed by atoms with Gasteiger partial charge in [0.2, 0.25) is 10.0 Å². The van der Waals surface area contributed by atoms with E-state index in [1.54, 1.807) is 25.1 Å². The first kappa shape index (κ1) is 19.9. The number of hydrogen-bond donors (Lipinski definition) is 0. The van der Waals surface area contributed by atoms with Crippen LogP contribution in [-0.2, 0) is 14.8 Å². The Kier molecular flexibility index (Phi) is 5.76. The molecule has 3 aliphatic rings. The largest absolute Gasteiger partial charge is 0.379 e. The van der Waals surface area contributed by atoms with Gasteiger partial charge in [0, 0.05) is 31.2 Å². The van der Waals surface area contributed by atoms with Crippen molar-refractivity contribution >= 4 is 15.9 Å². The van der Waals surface area contributed by atoms with E-state index in [4.69, 9.17) is 4.74 Å². The molecule has 1 aliphatic carbocycles. The van der Waals surface area contributed by atoms with Crippen molar-refractivity contribution in [2.24, 2.45) is 5.92 Å². The Bertz CT molecular complexity index is 831. The number of carbonyl (C=O) groups is 1. The van der Waals surface area contributed by atoms with Crippen molar-refractivity contribution in [3.8, 4) is 0 Å². The Hall–Kier alpha value is -1.44. The van der Waals surface area contributed by atoms with Crippen LogP contribution >= 0.6 is 0 Å². The second kappa shape index (κ2) is 8.13. The normalized spacial score (nSPS) is 26.7. The van der Waals surface area contributed by atoms with Gasteiger partial charge in [0.05, 0.1) is 18.1 Å². The van der Waals surface area contributed by atoms with E-state index < -0.39 is 10.0 Å². The summed E-state index contributed by atoms with van der Waals surface area (Å²) in [6, 6.07) is 5.45. The van der Waals surface area contributed by atoms with E-state index in [1.807, 2.05) is 4.90 Å². The van der Waals surface area contributed by atoms with E-state index in [-0.39, 0.29) is 10.8 Å². The summed E-state index contributed by atoms with van der Waals surface area (Å²) in [7, 11) is -3.62. The third-order valence-electron chi connectivity index (χ3n) is 6.53. The van der Waals surface area contributed by atoms with Crippen LogP contribution in [0.5, 0.6) is 0 Å². The molecule has 1 aromatic rings. The van der Waals surface area contributed by atoms with Crippen LogP contribution in [0, 0.1) is 12.8 Å². The van der Waals surface area contributed by atoms with Gasteiger partial charge in [-0.3, -0.25) is 4.79 Å². The molecule has 154 valence electrons. The van der Waals surface area contributed by atoms with Crippen molar-refractivity contribution in [2.75, 3.05) is 32.8 Å². The summed E-state index contributed by atoms with van der Waals surface area (Å²) in [6.07, 6.45) is 6.96. The molecule has 28 heavy (non-hydrogen) atoms. The monoisotopic (exact) mass is 406 g/mol. The molecule has 2 heterocycles. The van der Waals surface area contributed by atoms with E-state index in [1.165, 1.54) is 30.0 Å². The average molecular weight is 407 g/mol. The second-order valence-electron chi connectivity index (χ2n) is 8.25. The number of amides is 1. The number of benzene rings is 1. The van der Waals surface area contributed by atoms with Crippen molar-refractivity contribution in [1.82, 2.24) is 9.21 Å². The zero-order valence-corrected chi connectivity index (χ0v) is 17.4. The molecule has 7 heteroatoms. The first-order valence-electron chi connectivity index (χ1n) is 10.5. The summed E-state index contributed by atoms with van der Waals surface area (Å²) in [5.41, 5.74) is 1.17. The number of ether oxygens (including phenoxy) is 1. The number of nitrogens with zero attached hydrogens (tertiary/aromatic N) is 2. The van der Waals surface area contributed by atoms with E-state index in [9.17, 15) is 13.2 Å². The fraction of sp³-hybridized carbons (Fsp3) is 0.667. The van der Waals surface area contributed by atoms with Gasteiger partial charge < -0.3 is 9.64 Å². The number of likely N-dealkylation sites (tertiary alicyclic amines) is 1. The summed E-state index contributed by atoms with van der Waals surface area (Å²) < 4.78 is 33.0. The highest BCUT2D eigenvalue weighted by molar-refractivity contribution is 7.89. The molecule has 0 N–H and O–H groups in total. The maximum atomic E-state index is 13.3. The van der Waals surface area contributed by atoms with Crippen LogP contribution in [0.15, 0.2) is 23.1 Å². The topological polar surface area (TPSA) is 66.9 Å². The predicted molar refractivity (Wildman–Crippen MR) is 107 cm³/mol. The molecule has 0 spiro atoms. The SMILES string of the molecule is Cc1ccc(C(=O)N2CCCC3CCCCC32)cc1S(=O)(=O)N1CCOCC1. The van der Waals surface area contributed by atoms with Crippen LogP contribution in [0.1, 0.15) is 54.4 Å². The maximum Gasteiger partial charge on any atom is 0.254 e. The number of fused-ring (bicyclic) bond motifs is 1. The van der Waals surface area contributed by atoms with Crippen molar-refractivity contribution in [3.05, 3.63) is 29.3 Å². The van der Waals surface area contributed by atoms with Gasteiger partial charge >= 0.3 is 0 Å². The van der Waals surface area contributed by atoms with Crippen LogP contribution < -0.4 is 0 Å². The van der Waals surface area contributed by atoms with Crippen LogP contribution in [0.25, 0.3) is 0 Å². The number of hydrogen-bond acceptors (Lipinski definition) is 4. The number of piperidine rings is 1. The van der Waals surface area contributed by atoms with E-state index in [0.29, 0.717) is 49.4 Å². The summed E-state index contributed by atoms with van der Waals surface area (Å²) >= 11 is 0. The van der Waals surface area contributed by atoms with Gasteiger partial charge in [0.25, 0.3) is 5.91 Å². The Morgan fingerprint density at radius 1 is 1.04 bits per heavy atom. The van der Waals surface area contributed by atoms with Crippen LogP contribution in [0.2, 0.25) is 0 Å². The fourth-order valence-electron chi connectivity index (χ4n) is 4.98. The van der Waals surface area contributed by atoms with E-state index >= 15 is 0 Å². The molecule has 4 rings (SSSR count). The van der Waals surface area contributed by atoms with Crippen LogP contribution in [0.4, 0.5) is 0 Å². The average Bonchev–Trinajstić information content (AvgIpc) is 2.73. The van der Waals surface area contributed by atoms with Crippen LogP contribution in [0.3, 0.4) is 0 Å². The smallest absolute Gasteiger partial charge is 0.254 e. The van der Waals surface area contributed by atoms with E-state index in [2.05, 4.69) is 0 Å². The van der Waals surface area contributed by atoms with Gasteiger partial charge in [-0.05, 0) is 56.2 Å². The predicted octanol–water partition coefficient (Wildman–Crippen LogP) is 2.81. The lowest BCUT2D eigenvalue weighted by Crippen LogP contribution is -2.49. The summed E-state index contributed by atoms with van der Waals surface area (Å²) in [6.45, 7) is 4.10. The molecule has 1 saturated carbocycles. The third kappa shape index (κ3) is 3.72. The highest BCUT2D eigenvalue weighted by Crippen LogP contribution is 2.36. The van der Waals surface area contributed by atoms with Crippen molar-refractivity contribution in [1.29, 1.82) is 0 Å². The maximum absolute atomic E-state index is 13.3. The molecule has 2 atom stereocenters. The summed E-state index contributed by atoms with van der Waals surface area (Å²) in [5, 5.41) is 0. The molecule has 2 aliphatic heterocycles. The van der Waals surface area contributed by atoms with Crippen molar-refractivity contribution in [3.63, 3.8) is 0 Å². The lowest BCUT2D eigenvalue weighted by molar-refractivity contribution is 0.0390. The van der Waals surface area contributed by atoms with Gasteiger partial charge in [-0.2, -0.15) is 4.31 Å². The van der Waals surface area contributed by atoms with E-state index in [0.717, 1.165) is 19.4 Å². The Morgan fingerprint density at radius 3 is 2.54 bits per heavy atom.